The maximum Gasteiger partial charge on any atom is 0.305 e. The van der Waals surface area contributed by atoms with Gasteiger partial charge in [0.2, 0.25) is 0 Å². The van der Waals surface area contributed by atoms with Crippen LogP contribution in [0.15, 0.2) is 0 Å². The number of aliphatic carboxylic acids is 1. The van der Waals surface area contributed by atoms with Gasteiger partial charge >= 0.3 is 11.9 Å². The van der Waals surface area contributed by atoms with Crippen LogP contribution in [0, 0.1) is 5.41 Å². The molecule has 0 radical (unpaired) electrons. The van der Waals surface area contributed by atoms with Gasteiger partial charge in [-0.25, -0.2) is 0 Å². The van der Waals surface area contributed by atoms with E-state index in [0.29, 0.717) is 19.3 Å². The summed E-state index contributed by atoms with van der Waals surface area (Å²) in [5.74, 6) is -1.31. The van der Waals surface area contributed by atoms with Gasteiger partial charge < -0.3 is 20.1 Å². The van der Waals surface area contributed by atoms with E-state index in [1.165, 1.54) is 0 Å². The first-order chi connectivity index (χ1) is 8.49. The molecule has 0 saturated heterocycles. The van der Waals surface area contributed by atoms with Crippen molar-refractivity contribution < 1.29 is 29.6 Å². The number of esters is 1. The highest BCUT2D eigenvalue weighted by molar-refractivity contribution is 5.69. The molecule has 0 amide bonds. The molecular weight excluding hydrogens is 240 g/mol. The lowest BCUT2D eigenvalue weighted by Crippen LogP contribution is -2.35. The average molecular weight is 262 g/mol. The van der Waals surface area contributed by atoms with Gasteiger partial charge in [0.05, 0.1) is 18.6 Å². The van der Waals surface area contributed by atoms with Gasteiger partial charge in [0, 0.05) is 12.8 Å². The molecule has 0 aromatic rings. The summed E-state index contributed by atoms with van der Waals surface area (Å²) in [5, 5.41) is 26.7. The third kappa shape index (κ3) is 6.56. The second kappa shape index (κ2) is 8.88. The number of hydrogen-bond acceptors (Lipinski definition) is 5. The van der Waals surface area contributed by atoms with Crippen molar-refractivity contribution >= 4 is 11.9 Å². The van der Waals surface area contributed by atoms with Crippen molar-refractivity contribution in [1.82, 2.24) is 0 Å². The zero-order chi connectivity index (χ0) is 14.0. The van der Waals surface area contributed by atoms with E-state index >= 15 is 0 Å². The Kier molecular flexibility index (Phi) is 8.32. The molecule has 0 unspecified atom stereocenters. The van der Waals surface area contributed by atoms with Crippen LogP contribution >= 0.6 is 0 Å². The SMILES string of the molecule is CCC(CO)(CO)COC(=O)CCCCC(=O)O. The number of ether oxygens (including phenoxy) is 1. The van der Waals surface area contributed by atoms with E-state index in [4.69, 9.17) is 20.1 Å². The quantitative estimate of drug-likeness (QED) is 0.392. The van der Waals surface area contributed by atoms with Crippen molar-refractivity contribution in [2.75, 3.05) is 19.8 Å². The van der Waals surface area contributed by atoms with E-state index in [-0.39, 0.29) is 32.7 Å². The van der Waals surface area contributed by atoms with Crippen LogP contribution in [0.3, 0.4) is 0 Å². The summed E-state index contributed by atoms with van der Waals surface area (Å²) in [5.41, 5.74) is -0.781. The van der Waals surface area contributed by atoms with Gasteiger partial charge in [-0.1, -0.05) is 6.92 Å². The second-order valence-electron chi connectivity index (χ2n) is 4.43. The van der Waals surface area contributed by atoms with Gasteiger partial charge in [-0.15, -0.1) is 0 Å². The Morgan fingerprint density at radius 3 is 2.11 bits per heavy atom. The van der Waals surface area contributed by atoms with Gasteiger partial charge in [-0.3, -0.25) is 9.59 Å². The van der Waals surface area contributed by atoms with Crippen LogP contribution in [-0.4, -0.2) is 47.1 Å². The first-order valence-corrected chi connectivity index (χ1v) is 6.09. The minimum Gasteiger partial charge on any atom is -0.481 e. The standard InChI is InChI=1S/C12H22O6/c1-2-12(7-13,8-14)9-18-11(17)6-4-3-5-10(15)16/h13-14H,2-9H2,1H3,(H,15,16). The monoisotopic (exact) mass is 262 g/mol. The predicted molar refractivity (Wildman–Crippen MR) is 64.0 cm³/mol. The summed E-state index contributed by atoms with van der Waals surface area (Å²) in [6.07, 6.45) is 1.60. The number of rotatable bonds is 10. The molecule has 18 heavy (non-hydrogen) atoms. The molecule has 0 aliphatic heterocycles. The normalized spacial score (nSPS) is 11.3. The molecule has 0 bridgehead atoms. The van der Waals surface area contributed by atoms with Crippen molar-refractivity contribution in [1.29, 1.82) is 0 Å². The number of carbonyl (C=O) groups excluding carboxylic acids is 1. The number of unbranched alkanes of at least 4 members (excludes halogenated alkanes) is 1. The Labute approximate surface area is 107 Å². The highest BCUT2D eigenvalue weighted by Gasteiger charge is 2.28. The van der Waals surface area contributed by atoms with Crippen LogP contribution in [-0.2, 0) is 14.3 Å². The average Bonchev–Trinajstić information content (AvgIpc) is 2.37. The van der Waals surface area contributed by atoms with Crippen LogP contribution in [0.5, 0.6) is 0 Å². The van der Waals surface area contributed by atoms with E-state index in [0.717, 1.165) is 0 Å². The van der Waals surface area contributed by atoms with Crippen molar-refractivity contribution in [3.05, 3.63) is 0 Å². The summed E-state index contributed by atoms with van der Waals surface area (Å²) in [6, 6.07) is 0. The Morgan fingerprint density at radius 2 is 1.67 bits per heavy atom. The van der Waals surface area contributed by atoms with Gasteiger partial charge in [0.25, 0.3) is 0 Å². The zero-order valence-electron chi connectivity index (χ0n) is 10.7. The van der Waals surface area contributed by atoms with E-state index in [9.17, 15) is 9.59 Å². The molecule has 0 atom stereocenters. The molecule has 3 N–H and O–H groups in total. The summed E-state index contributed by atoms with van der Waals surface area (Å²) in [6.45, 7) is 1.29. The molecule has 6 heteroatoms. The third-order valence-electron chi connectivity index (χ3n) is 2.98. The second-order valence-corrected chi connectivity index (χ2v) is 4.43. The van der Waals surface area contributed by atoms with E-state index in [1.54, 1.807) is 6.92 Å². The van der Waals surface area contributed by atoms with Gasteiger partial charge in [-0.2, -0.15) is 0 Å². The summed E-state index contributed by atoms with van der Waals surface area (Å²) >= 11 is 0. The maximum atomic E-state index is 11.3. The van der Waals surface area contributed by atoms with Crippen LogP contribution in [0.25, 0.3) is 0 Å². The van der Waals surface area contributed by atoms with Gasteiger partial charge in [-0.05, 0) is 19.3 Å². The fraction of sp³-hybridized carbons (Fsp3) is 0.833. The van der Waals surface area contributed by atoms with Crippen LogP contribution in [0.1, 0.15) is 39.0 Å². The van der Waals surface area contributed by atoms with Crippen molar-refractivity contribution in [2.24, 2.45) is 5.41 Å². The summed E-state index contributed by atoms with van der Waals surface area (Å²) in [7, 11) is 0. The molecular formula is C12H22O6. The first kappa shape index (κ1) is 16.9. The number of aliphatic hydroxyl groups excluding tert-OH is 2. The Hall–Kier alpha value is -1.14. The predicted octanol–water partition coefficient (Wildman–Crippen LogP) is 0.556. The zero-order valence-corrected chi connectivity index (χ0v) is 10.7. The van der Waals surface area contributed by atoms with Crippen LogP contribution < -0.4 is 0 Å². The Bertz CT molecular complexity index is 251. The molecule has 0 spiro atoms. The Morgan fingerprint density at radius 1 is 1.11 bits per heavy atom. The lowest BCUT2D eigenvalue weighted by atomic mass is 9.88. The fourth-order valence-corrected chi connectivity index (χ4v) is 1.32. The molecule has 6 nitrogen and oxygen atoms in total. The molecule has 0 aromatic carbocycles. The molecule has 0 aliphatic carbocycles. The largest absolute Gasteiger partial charge is 0.481 e. The maximum absolute atomic E-state index is 11.3. The van der Waals surface area contributed by atoms with Gasteiger partial charge in [0.1, 0.15) is 6.61 Å². The summed E-state index contributed by atoms with van der Waals surface area (Å²) in [4.78, 5) is 21.6. The minimum absolute atomic E-state index is 0.0196. The summed E-state index contributed by atoms with van der Waals surface area (Å²) < 4.78 is 4.98. The smallest absolute Gasteiger partial charge is 0.305 e. The molecule has 0 rings (SSSR count). The van der Waals surface area contributed by atoms with Crippen molar-refractivity contribution in [3.8, 4) is 0 Å². The lowest BCUT2D eigenvalue weighted by Gasteiger charge is -2.27. The van der Waals surface area contributed by atoms with Gasteiger partial charge in [0.15, 0.2) is 0 Å². The van der Waals surface area contributed by atoms with Crippen molar-refractivity contribution in [2.45, 2.75) is 39.0 Å². The Balaban J connectivity index is 3.84. The minimum atomic E-state index is -0.881. The number of aliphatic hydroxyl groups is 2. The van der Waals surface area contributed by atoms with Crippen LogP contribution in [0.2, 0.25) is 0 Å². The first-order valence-electron chi connectivity index (χ1n) is 6.09. The van der Waals surface area contributed by atoms with Crippen molar-refractivity contribution in [3.63, 3.8) is 0 Å². The fourth-order valence-electron chi connectivity index (χ4n) is 1.32. The number of carbonyl (C=O) groups is 2. The molecule has 0 saturated carbocycles. The molecule has 106 valence electrons. The lowest BCUT2D eigenvalue weighted by molar-refractivity contribution is -0.150. The van der Waals surface area contributed by atoms with E-state index < -0.39 is 17.4 Å². The number of carboxylic acid groups (broad SMARTS) is 1. The number of carboxylic acids is 1. The highest BCUT2D eigenvalue weighted by Crippen LogP contribution is 2.21. The third-order valence-corrected chi connectivity index (χ3v) is 2.98. The van der Waals surface area contributed by atoms with E-state index in [1.807, 2.05) is 0 Å². The highest BCUT2D eigenvalue weighted by atomic mass is 16.5. The molecule has 0 aliphatic rings. The number of hydrogen-bond donors (Lipinski definition) is 3. The van der Waals surface area contributed by atoms with Crippen LogP contribution in [0.4, 0.5) is 0 Å². The topological polar surface area (TPSA) is 104 Å². The molecule has 0 fully saturated rings. The molecule has 0 heterocycles. The van der Waals surface area contributed by atoms with E-state index in [2.05, 4.69) is 0 Å². The molecule has 0 aromatic heterocycles.